The predicted octanol–water partition coefficient (Wildman–Crippen LogP) is 3.60. The fraction of sp³-hybridized carbons (Fsp3) is 0.200. The summed E-state index contributed by atoms with van der Waals surface area (Å²) >= 11 is -1.50. The van der Waals surface area contributed by atoms with Gasteiger partial charge in [-0.1, -0.05) is 37.3 Å². The number of carbonyl (C=O) groups is 1. The summed E-state index contributed by atoms with van der Waals surface area (Å²) in [5.41, 5.74) is -0.671. The van der Waals surface area contributed by atoms with E-state index in [-0.39, 0.29) is 6.42 Å². The average molecular weight is 414 g/mol. The number of aromatic nitrogens is 1. The molecule has 0 amide bonds. The minimum atomic E-state index is -2.74. The Morgan fingerprint density at radius 1 is 1.18 bits per heavy atom. The zero-order valence-electron chi connectivity index (χ0n) is 14.9. The van der Waals surface area contributed by atoms with Crippen molar-refractivity contribution in [1.82, 2.24) is 4.98 Å². The van der Waals surface area contributed by atoms with Crippen LogP contribution in [0.25, 0.3) is 10.4 Å². The molecule has 28 heavy (non-hydrogen) atoms. The van der Waals surface area contributed by atoms with Crippen LogP contribution in [0, 0.1) is 0 Å². The van der Waals surface area contributed by atoms with Crippen molar-refractivity contribution in [3.05, 3.63) is 72.6 Å². The van der Waals surface area contributed by atoms with Gasteiger partial charge in [-0.2, -0.15) is 0 Å². The van der Waals surface area contributed by atoms with E-state index in [0.29, 0.717) is 5.00 Å². The molecule has 1 aliphatic carbocycles. The maximum absolute atomic E-state index is 12.3. The first-order valence-corrected chi connectivity index (χ1v) is 10.4. The van der Waals surface area contributed by atoms with Crippen molar-refractivity contribution in [3.63, 3.8) is 0 Å². The highest BCUT2D eigenvalue weighted by Crippen LogP contribution is 2.62. The number of carboxylic acids is 1. The molecule has 3 aromatic rings. The van der Waals surface area contributed by atoms with Gasteiger partial charge in [-0.05, 0) is 41.8 Å². The fourth-order valence-corrected chi connectivity index (χ4v) is 5.90. The third-order valence-electron chi connectivity index (χ3n) is 5.41. The number of hydrogen-bond donors (Lipinski definition) is 1. The van der Waals surface area contributed by atoms with Gasteiger partial charge < -0.3 is 9.66 Å². The van der Waals surface area contributed by atoms with Gasteiger partial charge in [0.1, 0.15) is 5.00 Å². The molecule has 8 heteroatoms. The summed E-state index contributed by atoms with van der Waals surface area (Å²) in [6.07, 6.45) is 3.52. The third kappa shape index (κ3) is 2.76. The molecule has 0 bridgehead atoms. The Kier molecular flexibility index (Phi) is 4.57. The van der Waals surface area contributed by atoms with Gasteiger partial charge >= 0.3 is 5.97 Å². The molecule has 0 saturated heterocycles. The Labute approximate surface area is 168 Å². The molecule has 0 spiro atoms. The van der Waals surface area contributed by atoms with Gasteiger partial charge in [0.25, 0.3) is 0 Å². The van der Waals surface area contributed by atoms with Gasteiger partial charge in [-0.3, -0.25) is 13.5 Å². The number of hydrogen-bond acceptors (Lipinski definition) is 5. The van der Waals surface area contributed by atoms with Crippen LogP contribution in [-0.2, 0) is 21.5 Å². The molecule has 1 aliphatic rings. The Morgan fingerprint density at radius 3 is 2.46 bits per heavy atom. The van der Waals surface area contributed by atoms with Crippen molar-refractivity contribution in [1.29, 1.82) is 0 Å². The number of benzene rings is 1. The highest BCUT2D eigenvalue weighted by atomic mass is 32.2. The van der Waals surface area contributed by atoms with Crippen molar-refractivity contribution in [2.75, 3.05) is 4.31 Å². The second-order valence-corrected chi connectivity index (χ2v) is 8.79. The lowest BCUT2D eigenvalue weighted by Crippen LogP contribution is -2.49. The van der Waals surface area contributed by atoms with Gasteiger partial charge in [-0.15, -0.1) is 11.3 Å². The van der Waals surface area contributed by atoms with Gasteiger partial charge in [0.15, 0.2) is 5.54 Å². The number of nitrogens with zero attached hydrogens (tertiary/aromatic N) is 2. The van der Waals surface area contributed by atoms with Crippen molar-refractivity contribution in [2.45, 2.75) is 24.3 Å². The number of anilines is 1. The van der Waals surface area contributed by atoms with Crippen molar-refractivity contribution in [2.24, 2.45) is 0 Å². The van der Waals surface area contributed by atoms with E-state index in [1.807, 2.05) is 42.5 Å². The van der Waals surface area contributed by atoms with Gasteiger partial charge in [0.2, 0.25) is 0 Å². The first-order valence-electron chi connectivity index (χ1n) is 8.59. The minimum Gasteiger partial charge on any atom is -0.755 e. The molecule has 2 heterocycles. The van der Waals surface area contributed by atoms with Crippen LogP contribution in [0.15, 0.2) is 67.0 Å². The molecule has 0 aliphatic heterocycles. The van der Waals surface area contributed by atoms with Crippen LogP contribution < -0.4 is 4.31 Å². The van der Waals surface area contributed by atoms with Gasteiger partial charge in [0.05, 0.1) is 0 Å². The zero-order valence-corrected chi connectivity index (χ0v) is 16.6. The quantitative estimate of drug-likeness (QED) is 0.623. The van der Waals surface area contributed by atoms with Crippen molar-refractivity contribution in [3.8, 4) is 10.4 Å². The molecular weight excluding hydrogens is 396 g/mol. The molecule has 4 rings (SSSR count). The van der Waals surface area contributed by atoms with E-state index < -0.39 is 28.2 Å². The summed E-state index contributed by atoms with van der Waals surface area (Å²) in [5, 5.41) is 10.5. The maximum atomic E-state index is 12.3. The first kappa shape index (κ1) is 18.8. The molecule has 144 valence electrons. The number of carboxylic acid groups (broad SMARTS) is 1. The summed E-state index contributed by atoms with van der Waals surface area (Å²) in [5.74, 6) is -1.15. The lowest BCUT2D eigenvalue weighted by Gasteiger charge is -2.34. The van der Waals surface area contributed by atoms with E-state index in [2.05, 4.69) is 4.98 Å². The van der Waals surface area contributed by atoms with E-state index in [0.717, 1.165) is 20.3 Å². The zero-order chi connectivity index (χ0) is 19.9. The number of aliphatic carboxylic acids is 1. The smallest absolute Gasteiger partial charge is 0.331 e. The van der Waals surface area contributed by atoms with E-state index >= 15 is 0 Å². The SMILES string of the molecule is CC1(c2ccccc2)CC1(C(=O)O)N(c1ccc(-c2ccncc2)s1)S(=O)[O-]. The molecule has 2 aromatic heterocycles. The number of rotatable bonds is 6. The summed E-state index contributed by atoms with van der Waals surface area (Å²) in [6, 6.07) is 16.3. The molecule has 1 saturated carbocycles. The van der Waals surface area contributed by atoms with Crippen molar-refractivity contribution >= 4 is 33.6 Å². The summed E-state index contributed by atoms with van der Waals surface area (Å²) < 4.78 is 25.5. The Hall–Kier alpha value is -2.55. The average Bonchev–Trinajstić information content (AvgIpc) is 3.08. The Balaban J connectivity index is 1.79. The predicted molar refractivity (Wildman–Crippen MR) is 108 cm³/mol. The molecule has 1 fully saturated rings. The number of thiophene rings is 1. The van der Waals surface area contributed by atoms with E-state index in [1.54, 1.807) is 31.5 Å². The lowest BCUT2D eigenvalue weighted by atomic mass is 9.92. The highest BCUT2D eigenvalue weighted by molar-refractivity contribution is 7.81. The second kappa shape index (κ2) is 6.80. The van der Waals surface area contributed by atoms with Gasteiger partial charge in [-0.25, -0.2) is 4.79 Å². The standard InChI is InChI=1S/C20H18N2O4S2/c1-19(15-5-3-2-4-6-15)13-20(19,18(23)24)22(28(25)26)17-8-7-16(27-17)14-9-11-21-12-10-14/h2-12H,13H2,1H3,(H,23,24)(H,25,26)/p-1. The van der Waals surface area contributed by atoms with Crippen LogP contribution in [0.5, 0.6) is 0 Å². The summed E-state index contributed by atoms with van der Waals surface area (Å²) in [4.78, 5) is 17.2. The van der Waals surface area contributed by atoms with Crippen molar-refractivity contribution < 1.29 is 18.7 Å². The lowest BCUT2D eigenvalue weighted by molar-refractivity contribution is -0.139. The van der Waals surface area contributed by atoms with Crippen LogP contribution >= 0.6 is 11.3 Å². The monoisotopic (exact) mass is 413 g/mol. The van der Waals surface area contributed by atoms with Gasteiger partial charge in [0, 0.05) is 34.0 Å². The van der Waals surface area contributed by atoms with Crippen LogP contribution in [0.3, 0.4) is 0 Å². The summed E-state index contributed by atoms with van der Waals surface area (Å²) in [6.45, 7) is 1.80. The molecule has 1 aromatic carbocycles. The Morgan fingerprint density at radius 2 is 1.86 bits per heavy atom. The van der Waals surface area contributed by atoms with Crippen LogP contribution in [-0.4, -0.2) is 30.4 Å². The van der Waals surface area contributed by atoms with Crippen LogP contribution in [0.1, 0.15) is 18.9 Å². The fourth-order valence-electron chi connectivity index (χ4n) is 3.81. The normalized spacial score (nSPS) is 24.5. The maximum Gasteiger partial charge on any atom is 0.331 e. The first-order chi connectivity index (χ1) is 13.4. The molecule has 3 atom stereocenters. The molecule has 6 nitrogen and oxygen atoms in total. The molecular formula is C20H17N2O4S2-. The van der Waals surface area contributed by atoms with Crippen LogP contribution in [0.2, 0.25) is 0 Å². The number of pyridine rings is 1. The highest BCUT2D eigenvalue weighted by Gasteiger charge is 2.74. The molecule has 3 unspecified atom stereocenters. The third-order valence-corrected chi connectivity index (χ3v) is 7.46. The van der Waals surface area contributed by atoms with E-state index in [1.165, 1.54) is 11.3 Å². The van der Waals surface area contributed by atoms with E-state index in [9.17, 15) is 18.7 Å². The second-order valence-electron chi connectivity index (χ2n) is 6.93. The van der Waals surface area contributed by atoms with Crippen LogP contribution in [0.4, 0.5) is 5.00 Å². The summed E-state index contributed by atoms with van der Waals surface area (Å²) in [7, 11) is 0. The minimum absolute atomic E-state index is 0.204. The molecule has 1 N–H and O–H groups in total. The Bertz CT molecular complexity index is 1040. The molecule has 0 radical (unpaired) electrons. The van der Waals surface area contributed by atoms with E-state index in [4.69, 9.17) is 0 Å². The largest absolute Gasteiger partial charge is 0.755 e. The topological polar surface area (TPSA) is 93.6 Å².